The monoisotopic (exact) mass is 320 g/mol. The fraction of sp³-hybridized carbons (Fsp3) is 0.200. The Bertz CT molecular complexity index is 810. The number of ketones is 1. The normalized spacial score (nSPS) is 10.5. The van der Waals surface area contributed by atoms with Gasteiger partial charge in [-0.2, -0.15) is 5.10 Å². The predicted molar refractivity (Wildman–Crippen MR) is 81.2 cm³/mol. The molecule has 0 aliphatic carbocycles. The Labute approximate surface area is 131 Å². The van der Waals surface area contributed by atoms with Crippen LogP contribution >= 0.6 is 11.6 Å². The average Bonchev–Trinajstić information content (AvgIpc) is 2.46. The van der Waals surface area contributed by atoms with Crippen molar-refractivity contribution in [3.63, 3.8) is 0 Å². The number of benzene rings is 1. The van der Waals surface area contributed by atoms with Crippen LogP contribution in [0.4, 0.5) is 0 Å². The van der Waals surface area contributed by atoms with Crippen molar-refractivity contribution >= 4 is 23.4 Å². The van der Waals surface area contributed by atoms with E-state index in [0.29, 0.717) is 22.8 Å². The summed E-state index contributed by atoms with van der Waals surface area (Å²) in [5, 5.41) is 13.5. The summed E-state index contributed by atoms with van der Waals surface area (Å²) >= 11 is 5.83. The molecule has 0 spiro atoms. The predicted octanol–water partition coefficient (Wildman–Crippen LogP) is 2.35. The number of carboxylic acids is 1. The van der Waals surface area contributed by atoms with E-state index in [-0.39, 0.29) is 5.56 Å². The van der Waals surface area contributed by atoms with Gasteiger partial charge in [-0.3, -0.25) is 9.59 Å². The van der Waals surface area contributed by atoms with Gasteiger partial charge in [0.25, 0.3) is 0 Å². The SMILES string of the molecule is CCc1c(C(C)=O)c(=O)c(C(=O)O)nn1-c1ccc(Cl)cc1. The molecule has 0 saturated carbocycles. The summed E-state index contributed by atoms with van der Waals surface area (Å²) in [7, 11) is 0. The number of hydrogen-bond donors (Lipinski definition) is 1. The molecule has 2 rings (SSSR count). The third-order valence-electron chi connectivity index (χ3n) is 3.15. The number of aromatic carboxylic acids is 1. The Morgan fingerprint density at radius 2 is 1.86 bits per heavy atom. The molecule has 0 bridgehead atoms. The number of nitrogens with zero attached hydrogens (tertiary/aromatic N) is 2. The van der Waals surface area contributed by atoms with Crippen molar-refractivity contribution in [3.05, 3.63) is 56.5 Å². The molecule has 0 saturated heterocycles. The third kappa shape index (κ3) is 2.78. The molecule has 6 nitrogen and oxygen atoms in total. The number of carbonyl (C=O) groups is 2. The first-order valence-corrected chi connectivity index (χ1v) is 6.91. The van der Waals surface area contributed by atoms with Crippen LogP contribution in [0.2, 0.25) is 5.02 Å². The van der Waals surface area contributed by atoms with Gasteiger partial charge < -0.3 is 5.11 Å². The second-order valence-corrected chi connectivity index (χ2v) is 5.04. The van der Waals surface area contributed by atoms with Crippen LogP contribution in [0.15, 0.2) is 29.1 Å². The minimum absolute atomic E-state index is 0.148. The largest absolute Gasteiger partial charge is 0.476 e. The van der Waals surface area contributed by atoms with Gasteiger partial charge in [-0.25, -0.2) is 9.48 Å². The lowest BCUT2D eigenvalue weighted by Crippen LogP contribution is -2.30. The van der Waals surface area contributed by atoms with Gasteiger partial charge in [0.1, 0.15) is 0 Å². The molecule has 0 atom stereocenters. The highest BCUT2D eigenvalue weighted by Crippen LogP contribution is 2.17. The number of rotatable bonds is 4. The molecule has 22 heavy (non-hydrogen) atoms. The first-order chi connectivity index (χ1) is 10.4. The summed E-state index contributed by atoms with van der Waals surface area (Å²) in [5.74, 6) is -1.97. The third-order valence-corrected chi connectivity index (χ3v) is 3.40. The molecular formula is C15H13ClN2O4. The van der Waals surface area contributed by atoms with Crippen molar-refractivity contribution in [1.29, 1.82) is 0 Å². The van der Waals surface area contributed by atoms with Gasteiger partial charge in [0.15, 0.2) is 5.78 Å². The van der Waals surface area contributed by atoms with Gasteiger partial charge in [0, 0.05) is 5.02 Å². The molecule has 0 aliphatic heterocycles. The smallest absolute Gasteiger partial charge is 0.360 e. The molecular weight excluding hydrogens is 308 g/mol. The Morgan fingerprint density at radius 1 is 1.27 bits per heavy atom. The van der Waals surface area contributed by atoms with E-state index in [1.807, 2.05) is 0 Å². The van der Waals surface area contributed by atoms with E-state index in [1.54, 1.807) is 31.2 Å². The summed E-state index contributed by atoms with van der Waals surface area (Å²) in [4.78, 5) is 35.2. The number of Topliss-reactive ketones (excluding diaryl/α,β-unsaturated/α-hetero) is 1. The first-order valence-electron chi connectivity index (χ1n) is 6.53. The summed E-state index contributed by atoms with van der Waals surface area (Å²) in [6, 6.07) is 6.50. The quantitative estimate of drug-likeness (QED) is 0.873. The van der Waals surface area contributed by atoms with Crippen molar-refractivity contribution in [2.24, 2.45) is 0 Å². The number of halogens is 1. The Morgan fingerprint density at radius 3 is 2.32 bits per heavy atom. The van der Waals surface area contributed by atoms with Crippen LogP contribution in [0.1, 0.15) is 40.4 Å². The summed E-state index contributed by atoms with van der Waals surface area (Å²) in [5.41, 5.74) is -0.805. The van der Waals surface area contributed by atoms with Crippen LogP contribution in [0.5, 0.6) is 0 Å². The molecule has 1 N–H and O–H groups in total. The van der Waals surface area contributed by atoms with Crippen LogP contribution in [0, 0.1) is 0 Å². The number of aromatic nitrogens is 2. The zero-order valence-corrected chi connectivity index (χ0v) is 12.7. The van der Waals surface area contributed by atoms with Gasteiger partial charge in [-0.1, -0.05) is 18.5 Å². The van der Waals surface area contributed by atoms with Crippen LogP contribution in [-0.2, 0) is 6.42 Å². The molecule has 2 aromatic rings. The summed E-state index contributed by atoms with van der Waals surface area (Å²) in [6.45, 7) is 2.99. The minimum Gasteiger partial charge on any atom is -0.476 e. The Kier molecular flexibility index (Phi) is 4.42. The maximum Gasteiger partial charge on any atom is 0.360 e. The van der Waals surface area contributed by atoms with E-state index in [2.05, 4.69) is 5.10 Å². The van der Waals surface area contributed by atoms with Crippen molar-refractivity contribution in [2.75, 3.05) is 0 Å². The van der Waals surface area contributed by atoms with Crippen molar-refractivity contribution < 1.29 is 14.7 Å². The highest BCUT2D eigenvalue weighted by molar-refractivity contribution is 6.30. The first kappa shape index (κ1) is 15.9. The molecule has 0 aliphatic rings. The van der Waals surface area contributed by atoms with Crippen molar-refractivity contribution in [2.45, 2.75) is 20.3 Å². The van der Waals surface area contributed by atoms with E-state index >= 15 is 0 Å². The van der Waals surface area contributed by atoms with Crippen LogP contribution in [0.25, 0.3) is 5.69 Å². The summed E-state index contributed by atoms with van der Waals surface area (Å²) < 4.78 is 1.30. The van der Waals surface area contributed by atoms with Gasteiger partial charge in [-0.05, 0) is 37.6 Å². The van der Waals surface area contributed by atoms with Gasteiger partial charge >= 0.3 is 5.97 Å². The zero-order valence-electron chi connectivity index (χ0n) is 12.0. The molecule has 0 unspecified atom stereocenters. The highest BCUT2D eigenvalue weighted by Gasteiger charge is 2.23. The average molecular weight is 321 g/mol. The minimum atomic E-state index is -1.47. The molecule has 0 radical (unpaired) electrons. The number of hydrogen-bond acceptors (Lipinski definition) is 4. The maximum atomic E-state index is 12.2. The fourth-order valence-corrected chi connectivity index (χ4v) is 2.31. The van der Waals surface area contributed by atoms with E-state index in [1.165, 1.54) is 11.6 Å². The van der Waals surface area contributed by atoms with E-state index < -0.39 is 22.9 Å². The molecule has 1 aromatic carbocycles. The number of carboxylic acid groups (broad SMARTS) is 1. The lowest BCUT2D eigenvalue weighted by Gasteiger charge is -2.15. The molecule has 0 fully saturated rings. The van der Waals surface area contributed by atoms with Crippen LogP contribution in [-0.4, -0.2) is 26.6 Å². The van der Waals surface area contributed by atoms with E-state index in [9.17, 15) is 14.4 Å². The van der Waals surface area contributed by atoms with Crippen molar-refractivity contribution in [3.8, 4) is 5.69 Å². The molecule has 0 amide bonds. The zero-order chi connectivity index (χ0) is 16.4. The topological polar surface area (TPSA) is 89.3 Å². The second kappa shape index (κ2) is 6.11. The maximum absolute atomic E-state index is 12.2. The lowest BCUT2D eigenvalue weighted by molar-refractivity contribution is 0.0686. The molecule has 1 heterocycles. The fourth-order valence-electron chi connectivity index (χ4n) is 2.19. The molecule has 114 valence electrons. The van der Waals surface area contributed by atoms with Gasteiger partial charge in [0.2, 0.25) is 11.1 Å². The van der Waals surface area contributed by atoms with Crippen LogP contribution < -0.4 is 5.43 Å². The summed E-state index contributed by atoms with van der Waals surface area (Å²) in [6.07, 6.45) is 0.347. The molecule has 1 aromatic heterocycles. The lowest BCUT2D eigenvalue weighted by atomic mass is 10.1. The highest BCUT2D eigenvalue weighted by atomic mass is 35.5. The van der Waals surface area contributed by atoms with Crippen LogP contribution in [0.3, 0.4) is 0 Å². The Hall–Kier alpha value is -2.47. The standard InChI is InChI=1S/C15H13ClN2O4/c1-3-11-12(8(2)19)14(20)13(15(21)22)17-18(11)10-6-4-9(16)5-7-10/h4-7H,3H2,1-2H3,(H,21,22). The van der Waals surface area contributed by atoms with Gasteiger partial charge in [-0.15, -0.1) is 0 Å². The van der Waals surface area contributed by atoms with Crippen molar-refractivity contribution in [1.82, 2.24) is 9.78 Å². The second-order valence-electron chi connectivity index (χ2n) is 4.60. The molecule has 7 heteroatoms. The van der Waals surface area contributed by atoms with E-state index in [4.69, 9.17) is 16.7 Å². The van der Waals surface area contributed by atoms with E-state index in [0.717, 1.165) is 0 Å². The number of carbonyl (C=O) groups excluding carboxylic acids is 1. The Balaban J connectivity index is 2.88. The van der Waals surface area contributed by atoms with Gasteiger partial charge in [0.05, 0.1) is 16.9 Å².